The van der Waals surface area contributed by atoms with E-state index >= 15 is 0 Å². The molecular weight excluding hydrogens is 280 g/mol. The number of nitriles is 1. The monoisotopic (exact) mass is 294 g/mol. The summed E-state index contributed by atoms with van der Waals surface area (Å²) in [6.07, 6.45) is 3.81. The van der Waals surface area contributed by atoms with Crippen LogP contribution in [0, 0.1) is 11.3 Å². The van der Waals surface area contributed by atoms with E-state index < -0.39 is 0 Å². The van der Waals surface area contributed by atoms with Crippen LogP contribution < -0.4 is 5.32 Å². The van der Waals surface area contributed by atoms with Crippen molar-refractivity contribution in [2.75, 3.05) is 18.5 Å². The Morgan fingerprint density at radius 3 is 3.06 bits per heavy atom. The van der Waals surface area contributed by atoms with Crippen molar-refractivity contribution in [2.45, 2.75) is 25.4 Å². The molecule has 1 unspecified atom stereocenters. The first-order valence-electron chi connectivity index (χ1n) is 5.85. The van der Waals surface area contributed by atoms with Crippen molar-refractivity contribution in [1.82, 2.24) is 0 Å². The molecule has 0 aromatic heterocycles. The summed E-state index contributed by atoms with van der Waals surface area (Å²) in [5.74, 6) is 0. The van der Waals surface area contributed by atoms with Gasteiger partial charge in [0, 0.05) is 23.3 Å². The predicted molar refractivity (Wildman–Crippen MR) is 70.9 cm³/mol. The number of halogens is 1. The molecule has 3 nitrogen and oxygen atoms in total. The van der Waals surface area contributed by atoms with Gasteiger partial charge in [-0.25, -0.2) is 0 Å². The molecule has 4 heteroatoms. The minimum atomic E-state index is 0.416. The molecule has 1 fully saturated rings. The van der Waals surface area contributed by atoms with Crippen molar-refractivity contribution in [3.63, 3.8) is 0 Å². The number of rotatable bonds is 4. The predicted octanol–water partition coefficient (Wildman–Crippen LogP) is 3.30. The van der Waals surface area contributed by atoms with Gasteiger partial charge in [-0.3, -0.25) is 0 Å². The molecule has 1 aromatic carbocycles. The molecule has 1 aliphatic rings. The number of anilines is 1. The van der Waals surface area contributed by atoms with Crippen molar-refractivity contribution in [2.24, 2.45) is 0 Å². The van der Waals surface area contributed by atoms with Crippen LogP contribution in [-0.2, 0) is 4.74 Å². The molecule has 0 radical (unpaired) electrons. The molecule has 1 heterocycles. The topological polar surface area (TPSA) is 45.0 Å². The standard InChI is InChI=1S/C13H15BrN2O/c14-12-8-10(9-15)3-4-13(12)16-6-5-11-2-1-7-17-11/h3-4,8,11,16H,1-2,5-7H2. The highest BCUT2D eigenvalue weighted by atomic mass is 79.9. The van der Waals surface area contributed by atoms with Gasteiger partial charge in [0.25, 0.3) is 0 Å². The Hall–Kier alpha value is -1.05. The van der Waals surface area contributed by atoms with Crippen LogP contribution in [-0.4, -0.2) is 19.3 Å². The van der Waals surface area contributed by atoms with Crippen LogP contribution in [0.15, 0.2) is 22.7 Å². The highest BCUT2D eigenvalue weighted by Crippen LogP contribution is 2.24. The lowest BCUT2D eigenvalue weighted by Crippen LogP contribution is -2.12. The van der Waals surface area contributed by atoms with E-state index in [1.807, 2.05) is 18.2 Å². The van der Waals surface area contributed by atoms with Gasteiger partial charge in [0.15, 0.2) is 0 Å². The fourth-order valence-electron chi connectivity index (χ4n) is 1.97. The lowest BCUT2D eigenvalue weighted by atomic mass is 10.2. The molecule has 1 aliphatic heterocycles. The largest absolute Gasteiger partial charge is 0.384 e. The molecule has 0 bridgehead atoms. The molecule has 0 spiro atoms. The SMILES string of the molecule is N#Cc1ccc(NCCC2CCCO2)c(Br)c1. The van der Waals surface area contributed by atoms with Crippen LogP contribution in [0.5, 0.6) is 0 Å². The lowest BCUT2D eigenvalue weighted by molar-refractivity contribution is 0.107. The third-order valence-electron chi connectivity index (χ3n) is 2.90. The summed E-state index contributed by atoms with van der Waals surface area (Å²) in [6.45, 7) is 1.81. The molecule has 1 saturated heterocycles. The Bertz CT molecular complexity index is 422. The molecule has 0 saturated carbocycles. The summed E-state index contributed by atoms with van der Waals surface area (Å²) >= 11 is 3.46. The number of ether oxygens (including phenoxy) is 1. The summed E-state index contributed by atoms with van der Waals surface area (Å²) in [6, 6.07) is 7.69. The second kappa shape index (κ2) is 6.04. The molecule has 0 amide bonds. The number of nitrogens with zero attached hydrogens (tertiary/aromatic N) is 1. The fraction of sp³-hybridized carbons (Fsp3) is 0.462. The van der Waals surface area contributed by atoms with Crippen LogP contribution in [0.1, 0.15) is 24.8 Å². The highest BCUT2D eigenvalue weighted by molar-refractivity contribution is 9.10. The fourth-order valence-corrected chi connectivity index (χ4v) is 2.49. The third-order valence-corrected chi connectivity index (χ3v) is 3.56. The molecule has 90 valence electrons. The van der Waals surface area contributed by atoms with E-state index in [1.165, 1.54) is 12.8 Å². The van der Waals surface area contributed by atoms with E-state index in [4.69, 9.17) is 10.00 Å². The van der Waals surface area contributed by atoms with Gasteiger partial charge < -0.3 is 10.1 Å². The smallest absolute Gasteiger partial charge is 0.0992 e. The summed E-state index contributed by atoms with van der Waals surface area (Å²) in [7, 11) is 0. The number of hydrogen-bond acceptors (Lipinski definition) is 3. The van der Waals surface area contributed by atoms with Gasteiger partial charge in [0.1, 0.15) is 0 Å². The third kappa shape index (κ3) is 3.45. The number of nitrogens with one attached hydrogen (secondary N) is 1. The van der Waals surface area contributed by atoms with Gasteiger partial charge in [-0.1, -0.05) is 0 Å². The normalized spacial score (nSPS) is 18.9. The Kier molecular flexibility index (Phi) is 4.41. The second-order valence-corrected chi connectivity index (χ2v) is 5.01. The first-order valence-corrected chi connectivity index (χ1v) is 6.64. The molecule has 1 aromatic rings. The van der Waals surface area contributed by atoms with Gasteiger partial charge in [-0.2, -0.15) is 5.26 Å². The van der Waals surface area contributed by atoms with Crippen LogP contribution in [0.4, 0.5) is 5.69 Å². The quantitative estimate of drug-likeness (QED) is 0.927. The summed E-state index contributed by atoms with van der Waals surface area (Å²) in [5.41, 5.74) is 1.70. The van der Waals surface area contributed by atoms with Gasteiger partial charge in [0.2, 0.25) is 0 Å². The van der Waals surface area contributed by atoms with Crippen LogP contribution >= 0.6 is 15.9 Å². The Labute approximate surface area is 110 Å². The van der Waals surface area contributed by atoms with Crippen molar-refractivity contribution in [3.05, 3.63) is 28.2 Å². The summed E-state index contributed by atoms with van der Waals surface area (Å²) < 4.78 is 6.50. The van der Waals surface area contributed by atoms with Crippen LogP contribution in [0.2, 0.25) is 0 Å². The van der Waals surface area contributed by atoms with E-state index in [-0.39, 0.29) is 0 Å². The van der Waals surface area contributed by atoms with Crippen molar-refractivity contribution in [3.8, 4) is 6.07 Å². The number of benzene rings is 1. The average molecular weight is 295 g/mol. The van der Waals surface area contributed by atoms with Gasteiger partial charge in [-0.05, 0) is 53.4 Å². The minimum Gasteiger partial charge on any atom is -0.384 e. The summed E-state index contributed by atoms with van der Waals surface area (Å²) in [5, 5.41) is 12.1. The van der Waals surface area contributed by atoms with Crippen LogP contribution in [0.3, 0.4) is 0 Å². The van der Waals surface area contributed by atoms with E-state index in [0.717, 1.165) is 29.7 Å². The van der Waals surface area contributed by atoms with Crippen molar-refractivity contribution in [1.29, 1.82) is 5.26 Å². The summed E-state index contributed by atoms with van der Waals surface area (Å²) in [4.78, 5) is 0. The zero-order valence-corrected chi connectivity index (χ0v) is 11.2. The Balaban J connectivity index is 1.84. The lowest BCUT2D eigenvalue weighted by Gasteiger charge is -2.12. The molecule has 0 aliphatic carbocycles. The van der Waals surface area contributed by atoms with E-state index in [1.54, 1.807) is 0 Å². The minimum absolute atomic E-state index is 0.416. The maximum Gasteiger partial charge on any atom is 0.0992 e. The second-order valence-electron chi connectivity index (χ2n) is 4.16. The molecule has 2 rings (SSSR count). The molecular formula is C13H15BrN2O. The average Bonchev–Trinajstić information content (AvgIpc) is 2.84. The van der Waals surface area contributed by atoms with Crippen molar-refractivity contribution >= 4 is 21.6 Å². The first-order chi connectivity index (χ1) is 8.29. The van der Waals surface area contributed by atoms with Gasteiger partial charge in [-0.15, -0.1) is 0 Å². The Morgan fingerprint density at radius 2 is 2.41 bits per heavy atom. The van der Waals surface area contributed by atoms with Gasteiger partial charge >= 0.3 is 0 Å². The molecule has 17 heavy (non-hydrogen) atoms. The van der Waals surface area contributed by atoms with Crippen LogP contribution in [0.25, 0.3) is 0 Å². The maximum atomic E-state index is 8.76. The van der Waals surface area contributed by atoms with Crippen molar-refractivity contribution < 1.29 is 4.74 Å². The molecule has 1 N–H and O–H groups in total. The van der Waals surface area contributed by atoms with E-state index in [2.05, 4.69) is 27.3 Å². The van der Waals surface area contributed by atoms with E-state index in [0.29, 0.717) is 11.7 Å². The Morgan fingerprint density at radius 1 is 1.53 bits per heavy atom. The maximum absolute atomic E-state index is 8.76. The van der Waals surface area contributed by atoms with Gasteiger partial charge in [0.05, 0.1) is 17.7 Å². The highest BCUT2D eigenvalue weighted by Gasteiger charge is 2.14. The number of hydrogen-bond donors (Lipinski definition) is 1. The zero-order valence-electron chi connectivity index (χ0n) is 9.58. The van der Waals surface area contributed by atoms with E-state index in [9.17, 15) is 0 Å². The first kappa shape index (κ1) is 12.4. The molecule has 1 atom stereocenters. The zero-order chi connectivity index (χ0) is 12.1.